The smallest absolute Gasteiger partial charge is 0.152 e. The van der Waals surface area contributed by atoms with Gasteiger partial charge in [-0.3, -0.25) is 0 Å². The third-order valence-electron chi connectivity index (χ3n) is 3.79. The number of aliphatic hydroxyl groups excluding tert-OH is 1. The van der Waals surface area contributed by atoms with E-state index in [9.17, 15) is 5.11 Å². The van der Waals surface area contributed by atoms with Gasteiger partial charge >= 0.3 is 0 Å². The van der Waals surface area contributed by atoms with Crippen molar-refractivity contribution in [2.75, 3.05) is 24.6 Å². The van der Waals surface area contributed by atoms with E-state index in [1.54, 1.807) is 0 Å². The summed E-state index contributed by atoms with van der Waals surface area (Å²) >= 11 is 0. The SMILES string of the molecule is CC1(C)CN(c2nc3ccccn3c2CN)CC(CO)O1. The fourth-order valence-electron chi connectivity index (χ4n) is 3.03. The number of anilines is 1. The predicted molar refractivity (Wildman–Crippen MR) is 81.3 cm³/mol. The number of morpholine rings is 1. The molecule has 1 aliphatic heterocycles. The third kappa shape index (κ3) is 2.62. The van der Waals surface area contributed by atoms with E-state index >= 15 is 0 Å². The zero-order valence-electron chi connectivity index (χ0n) is 12.5. The first-order valence-corrected chi connectivity index (χ1v) is 7.24. The Morgan fingerprint density at radius 3 is 3.00 bits per heavy atom. The highest BCUT2D eigenvalue weighted by Gasteiger charge is 2.35. The number of nitrogens with two attached hydrogens (primary N) is 1. The zero-order valence-corrected chi connectivity index (χ0v) is 12.5. The summed E-state index contributed by atoms with van der Waals surface area (Å²) in [7, 11) is 0. The van der Waals surface area contributed by atoms with E-state index in [-0.39, 0.29) is 18.3 Å². The van der Waals surface area contributed by atoms with Crippen molar-refractivity contribution in [2.24, 2.45) is 5.73 Å². The summed E-state index contributed by atoms with van der Waals surface area (Å²) in [4.78, 5) is 6.88. The summed E-state index contributed by atoms with van der Waals surface area (Å²) in [6, 6.07) is 5.90. The molecule has 1 aliphatic rings. The van der Waals surface area contributed by atoms with Crippen LogP contribution in [0.2, 0.25) is 0 Å². The van der Waals surface area contributed by atoms with Gasteiger partial charge in [-0.1, -0.05) is 6.07 Å². The lowest BCUT2D eigenvalue weighted by Gasteiger charge is -2.42. The van der Waals surface area contributed by atoms with Crippen molar-refractivity contribution < 1.29 is 9.84 Å². The first-order valence-electron chi connectivity index (χ1n) is 7.24. The molecule has 0 amide bonds. The van der Waals surface area contributed by atoms with Gasteiger partial charge in [-0.25, -0.2) is 4.98 Å². The highest BCUT2D eigenvalue weighted by Crippen LogP contribution is 2.28. The number of rotatable bonds is 3. The number of aromatic nitrogens is 2. The number of ether oxygens (including phenoxy) is 1. The van der Waals surface area contributed by atoms with Crippen LogP contribution in [-0.2, 0) is 11.3 Å². The van der Waals surface area contributed by atoms with Crippen molar-refractivity contribution in [3.63, 3.8) is 0 Å². The fourth-order valence-corrected chi connectivity index (χ4v) is 3.03. The molecule has 114 valence electrons. The molecule has 0 aliphatic carbocycles. The van der Waals surface area contributed by atoms with Crippen LogP contribution in [0.1, 0.15) is 19.5 Å². The summed E-state index contributed by atoms with van der Waals surface area (Å²) in [6.07, 6.45) is 1.77. The molecule has 0 radical (unpaired) electrons. The van der Waals surface area contributed by atoms with Gasteiger partial charge in [0.25, 0.3) is 0 Å². The Morgan fingerprint density at radius 2 is 2.29 bits per heavy atom. The minimum absolute atomic E-state index is 0.00522. The summed E-state index contributed by atoms with van der Waals surface area (Å²) < 4.78 is 7.88. The van der Waals surface area contributed by atoms with Crippen molar-refractivity contribution in [1.29, 1.82) is 0 Å². The first kappa shape index (κ1) is 14.3. The maximum Gasteiger partial charge on any atom is 0.152 e. The van der Waals surface area contributed by atoms with E-state index in [1.807, 2.05) is 42.6 Å². The molecule has 0 saturated carbocycles. The Balaban J connectivity index is 2.02. The van der Waals surface area contributed by atoms with Gasteiger partial charge in [0.05, 0.1) is 24.0 Å². The number of aliphatic hydroxyl groups is 1. The largest absolute Gasteiger partial charge is 0.394 e. The molecule has 2 aromatic rings. The van der Waals surface area contributed by atoms with Gasteiger partial charge in [0, 0.05) is 25.8 Å². The monoisotopic (exact) mass is 290 g/mol. The number of pyridine rings is 1. The minimum Gasteiger partial charge on any atom is -0.394 e. The molecule has 2 aromatic heterocycles. The molecule has 0 spiro atoms. The molecule has 3 rings (SSSR count). The van der Waals surface area contributed by atoms with E-state index in [0.717, 1.165) is 23.7 Å². The molecule has 0 aromatic carbocycles. The van der Waals surface area contributed by atoms with Crippen LogP contribution in [0, 0.1) is 0 Å². The molecule has 6 nitrogen and oxygen atoms in total. The number of hydrogen-bond donors (Lipinski definition) is 2. The molecule has 1 unspecified atom stereocenters. The minimum atomic E-state index is -0.326. The maximum absolute atomic E-state index is 9.45. The molecule has 1 saturated heterocycles. The van der Waals surface area contributed by atoms with Gasteiger partial charge in [-0.2, -0.15) is 0 Å². The molecule has 3 heterocycles. The van der Waals surface area contributed by atoms with Crippen molar-refractivity contribution in [3.05, 3.63) is 30.1 Å². The van der Waals surface area contributed by atoms with Crippen LogP contribution in [0.15, 0.2) is 24.4 Å². The summed E-state index contributed by atoms with van der Waals surface area (Å²) in [5, 5.41) is 9.45. The average Bonchev–Trinajstić information content (AvgIpc) is 2.84. The standard InChI is InChI=1S/C15H22N4O2/c1-15(2)10-18(8-11(9-20)21-15)14-12(7-16)19-6-4-3-5-13(19)17-14/h3-6,11,20H,7-10,16H2,1-2H3. The number of nitrogens with zero attached hydrogens (tertiary/aromatic N) is 3. The summed E-state index contributed by atoms with van der Waals surface area (Å²) in [6.45, 7) is 5.82. The van der Waals surface area contributed by atoms with Crippen molar-refractivity contribution in [1.82, 2.24) is 9.38 Å². The van der Waals surface area contributed by atoms with Gasteiger partial charge in [0.15, 0.2) is 5.82 Å². The topological polar surface area (TPSA) is 76.0 Å². The van der Waals surface area contributed by atoms with E-state index < -0.39 is 0 Å². The Hall–Kier alpha value is -1.63. The molecular weight excluding hydrogens is 268 g/mol. The van der Waals surface area contributed by atoms with Crippen molar-refractivity contribution in [3.8, 4) is 0 Å². The zero-order chi connectivity index (χ0) is 15.0. The second-order valence-electron chi connectivity index (χ2n) is 6.08. The lowest BCUT2D eigenvalue weighted by atomic mass is 10.1. The Labute approximate surface area is 124 Å². The van der Waals surface area contributed by atoms with Gasteiger partial charge in [-0.15, -0.1) is 0 Å². The van der Waals surface area contributed by atoms with Crippen molar-refractivity contribution in [2.45, 2.75) is 32.1 Å². The second kappa shape index (κ2) is 5.29. The highest BCUT2D eigenvalue weighted by molar-refractivity contribution is 5.56. The lowest BCUT2D eigenvalue weighted by Crippen LogP contribution is -2.54. The van der Waals surface area contributed by atoms with Gasteiger partial charge < -0.3 is 24.9 Å². The molecule has 0 bridgehead atoms. The Morgan fingerprint density at radius 1 is 1.48 bits per heavy atom. The molecular formula is C15H22N4O2. The predicted octanol–water partition coefficient (Wildman–Crippen LogP) is 0.769. The molecule has 3 N–H and O–H groups in total. The molecule has 6 heteroatoms. The molecule has 21 heavy (non-hydrogen) atoms. The van der Waals surface area contributed by atoms with E-state index in [4.69, 9.17) is 15.5 Å². The van der Waals surface area contributed by atoms with Crippen LogP contribution in [0.25, 0.3) is 5.65 Å². The fraction of sp³-hybridized carbons (Fsp3) is 0.533. The first-order chi connectivity index (χ1) is 10.0. The van der Waals surface area contributed by atoms with Gasteiger partial charge in [-0.05, 0) is 26.0 Å². The second-order valence-corrected chi connectivity index (χ2v) is 6.08. The lowest BCUT2D eigenvalue weighted by molar-refractivity contribution is -0.101. The van der Waals surface area contributed by atoms with E-state index in [1.165, 1.54) is 0 Å². The van der Waals surface area contributed by atoms with E-state index in [2.05, 4.69) is 4.90 Å². The van der Waals surface area contributed by atoms with Crippen LogP contribution >= 0.6 is 0 Å². The quantitative estimate of drug-likeness (QED) is 0.873. The number of hydrogen-bond acceptors (Lipinski definition) is 5. The van der Waals surface area contributed by atoms with Crippen LogP contribution < -0.4 is 10.6 Å². The molecule has 1 atom stereocenters. The average molecular weight is 290 g/mol. The van der Waals surface area contributed by atoms with Crippen LogP contribution in [0.5, 0.6) is 0 Å². The summed E-state index contributed by atoms with van der Waals surface area (Å²) in [5.41, 5.74) is 7.48. The Bertz CT molecular complexity index is 638. The third-order valence-corrected chi connectivity index (χ3v) is 3.79. The van der Waals surface area contributed by atoms with Gasteiger partial charge in [0.1, 0.15) is 5.65 Å². The van der Waals surface area contributed by atoms with E-state index in [0.29, 0.717) is 13.1 Å². The summed E-state index contributed by atoms with van der Waals surface area (Å²) in [5.74, 6) is 0.888. The molecule has 1 fully saturated rings. The number of fused-ring (bicyclic) bond motifs is 1. The number of imidazole rings is 1. The Kier molecular flexibility index (Phi) is 3.61. The highest BCUT2D eigenvalue weighted by atomic mass is 16.5. The van der Waals surface area contributed by atoms with Crippen molar-refractivity contribution >= 4 is 11.5 Å². The maximum atomic E-state index is 9.45. The normalized spacial score (nSPS) is 21.9. The van der Waals surface area contributed by atoms with Gasteiger partial charge in [0.2, 0.25) is 0 Å². The van der Waals surface area contributed by atoms with Crippen LogP contribution in [0.4, 0.5) is 5.82 Å². The van der Waals surface area contributed by atoms with Crippen LogP contribution in [0.3, 0.4) is 0 Å². The van der Waals surface area contributed by atoms with Crippen LogP contribution in [-0.4, -0.2) is 45.9 Å².